The third-order valence-electron chi connectivity index (χ3n) is 7.95. The molecule has 1 atom stereocenters. The normalized spacial score (nSPS) is 14.7. The van der Waals surface area contributed by atoms with E-state index in [2.05, 4.69) is 54.7 Å². The molecule has 1 unspecified atom stereocenters. The van der Waals surface area contributed by atoms with E-state index in [0.29, 0.717) is 11.5 Å². The fraction of sp³-hybridized carbons (Fsp3) is 0.333. The maximum Gasteiger partial charge on any atom is 0.305 e. The average Bonchev–Trinajstić information content (AvgIpc) is 3.30. The van der Waals surface area contributed by atoms with Crippen LogP contribution in [0.4, 0.5) is 5.69 Å². The Morgan fingerprint density at radius 1 is 0.974 bits per heavy atom. The van der Waals surface area contributed by atoms with Gasteiger partial charge in [-0.15, -0.1) is 0 Å². The Kier molecular flexibility index (Phi) is 8.01. The molecule has 1 heterocycles. The standard InChI is InChI=1S/C33H36N2O4/c1-22-28-21-26(23-9-5-3-6-10-23)15-18-29(28)39-32(22)31(24-11-7-4-8-12-24)34-27-16-13-25(14-17-27)33(38)35(2)20-19-30(36)37/h3,5-6,9-10,13-18,21,24,31,34H,4,7-8,11-12,19-20H2,1-2H3,(H,36,37). The first kappa shape index (κ1) is 26.5. The number of aryl methyl sites for hydroxylation is 1. The van der Waals surface area contributed by atoms with Crippen LogP contribution in [-0.2, 0) is 4.79 Å². The van der Waals surface area contributed by atoms with E-state index in [9.17, 15) is 9.59 Å². The highest BCUT2D eigenvalue weighted by atomic mass is 16.4. The molecule has 202 valence electrons. The number of furan rings is 1. The van der Waals surface area contributed by atoms with Crippen LogP contribution in [0.5, 0.6) is 0 Å². The Bertz CT molecular complexity index is 1440. The zero-order valence-corrected chi connectivity index (χ0v) is 22.7. The Morgan fingerprint density at radius 2 is 1.69 bits per heavy atom. The van der Waals surface area contributed by atoms with Crippen LogP contribution < -0.4 is 5.32 Å². The lowest BCUT2D eigenvalue weighted by molar-refractivity contribution is -0.137. The highest BCUT2D eigenvalue weighted by Gasteiger charge is 2.30. The van der Waals surface area contributed by atoms with Gasteiger partial charge < -0.3 is 19.7 Å². The molecule has 0 aliphatic heterocycles. The van der Waals surface area contributed by atoms with Gasteiger partial charge in [-0.2, -0.15) is 0 Å². The fourth-order valence-electron chi connectivity index (χ4n) is 5.69. The highest BCUT2D eigenvalue weighted by molar-refractivity contribution is 5.94. The van der Waals surface area contributed by atoms with Crippen molar-refractivity contribution in [2.45, 2.75) is 51.5 Å². The van der Waals surface area contributed by atoms with Crippen molar-refractivity contribution >= 4 is 28.5 Å². The van der Waals surface area contributed by atoms with Gasteiger partial charge >= 0.3 is 5.97 Å². The Balaban J connectivity index is 1.42. The molecule has 39 heavy (non-hydrogen) atoms. The predicted octanol–water partition coefficient (Wildman–Crippen LogP) is 7.69. The molecule has 1 saturated carbocycles. The summed E-state index contributed by atoms with van der Waals surface area (Å²) in [6.07, 6.45) is 5.93. The zero-order chi connectivity index (χ0) is 27.4. The SMILES string of the molecule is Cc1c(C(Nc2ccc(C(=O)N(C)CCC(=O)O)cc2)C2CCCCC2)oc2ccc(-c3ccccc3)cc12. The number of carboxylic acid groups (broad SMARTS) is 1. The van der Waals surface area contributed by atoms with E-state index in [-0.39, 0.29) is 24.9 Å². The van der Waals surface area contributed by atoms with E-state index in [1.165, 1.54) is 35.3 Å². The van der Waals surface area contributed by atoms with Crippen LogP contribution in [-0.4, -0.2) is 35.5 Å². The lowest BCUT2D eigenvalue weighted by atomic mass is 9.82. The van der Waals surface area contributed by atoms with Crippen molar-refractivity contribution in [3.05, 3.63) is 89.7 Å². The van der Waals surface area contributed by atoms with Gasteiger partial charge in [-0.1, -0.05) is 55.7 Å². The number of anilines is 1. The molecular formula is C33H36N2O4. The molecule has 0 bridgehead atoms. The molecule has 2 N–H and O–H groups in total. The summed E-state index contributed by atoms with van der Waals surface area (Å²) in [5.41, 5.74) is 5.89. The molecule has 1 fully saturated rings. The maximum absolute atomic E-state index is 12.7. The first-order valence-electron chi connectivity index (χ1n) is 13.8. The van der Waals surface area contributed by atoms with Crippen molar-refractivity contribution in [3.8, 4) is 11.1 Å². The topological polar surface area (TPSA) is 82.8 Å². The van der Waals surface area contributed by atoms with E-state index in [1.54, 1.807) is 19.2 Å². The first-order chi connectivity index (χ1) is 18.9. The number of carbonyl (C=O) groups is 2. The van der Waals surface area contributed by atoms with Gasteiger partial charge in [0.15, 0.2) is 0 Å². The van der Waals surface area contributed by atoms with E-state index < -0.39 is 5.97 Å². The molecule has 1 aromatic heterocycles. The van der Waals surface area contributed by atoms with Gasteiger partial charge in [0.25, 0.3) is 5.91 Å². The molecule has 0 spiro atoms. The molecular weight excluding hydrogens is 488 g/mol. The van der Waals surface area contributed by atoms with Crippen molar-refractivity contribution in [1.82, 2.24) is 4.90 Å². The molecule has 5 rings (SSSR count). The number of aliphatic carboxylic acids is 1. The van der Waals surface area contributed by atoms with E-state index in [4.69, 9.17) is 9.52 Å². The number of rotatable bonds is 9. The summed E-state index contributed by atoms with van der Waals surface area (Å²) in [4.78, 5) is 25.0. The molecule has 1 amide bonds. The number of amides is 1. The van der Waals surface area contributed by atoms with Gasteiger partial charge in [-0.25, -0.2) is 0 Å². The quantitative estimate of drug-likeness (QED) is 0.235. The summed E-state index contributed by atoms with van der Waals surface area (Å²) >= 11 is 0. The summed E-state index contributed by atoms with van der Waals surface area (Å²) in [5, 5.41) is 13.8. The van der Waals surface area contributed by atoms with Gasteiger partial charge in [0, 0.05) is 35.8 Å². The van der Waals surface area contributed by atoms with Crippen LogP contribution in [0.2, 0.25) is 0 Å². The van der Waals surface area contributed by atoms with Crippen molar-refractivity contribution in [1.29, 1.82) is 0 Å². The molecule has 0 saturated heterocycles. The monoisotopic (exact) mass is 524 g/mol. The summed E-state index contributed by atoms with van der Waals surface area (Å²) < 4.78 is 6.55. The minimum atomic E-state index is -0.917. The van der Waals surface area contributed by atoms with Crippen molar-refractivity contribution < 1.29 is 19.1 Å². The second kappa shape index (κ2) is 11.8. The van der Waals surface area contributed by atoms with E-state index in [0.717, 1.165) is 40.8 Å². The average molecular weight is 525 g/mol. The van der Waals surface area contributed by atoms with Crippen LogP contribution in [0.3, 0.4) is 0 Å². The lowest BCUT2D eigenvalue weighted by Gasteiger charge is -2.31. The molecule has 1 aliphatic rings. The van der Waals surface area contributed by atoms with Crippen molar-refractivity contribution in [2.24, 2.45) is 5.92 Å². The van der Waals surface area contributed by atoms with Crippen LogP contribution in [0.15, 0.2) is 77.2 Å². The number of fused-ring (bicyclic) bond motifs is 1. The number of carboxylic acids is 1. The summed E-state index contributed by atoms with van der Waals surface area (Å²) in [6.45, 7) is 2.33. The number of nitrogens with zero attached hydrogens (tertiary/aromatic N) is 1. The number of carbonyl (C=O) groups excluding carboxylic acids is 1. The summed E-state index contributed by atoms with van der Waals surface area (Å²) in [7, 11) is 1.63. The summed E-state index contributed by atoms with van der Waals surface area (Å²) in [5.74, 6) is 0.333. The minimum absolute atomic E-state index is 0.0256. The minimum Gasteiger partial charge on any atom is -0.481 e. The van der Waals surface area contributed by atoms with Crippen LogP contribution in [0.25, 0.3) is 22.1 Å². The Labute approximate surface area is 229 Å². The molecule has 6 nitrogen and oxygen atoms in total. The smallest absolute Gasteiger partial charge is 0.305 e. The third-order valence-corrected chi connectivity index (χ3v) is 7.95. The zero-order valence-electron chi connectivity index (χ0n) is 22.7. The largest absolute Gasteiger partial charge is 0.481 e. The number of benzene rings is 3. The van der Waals surface area contributed by atoms with Crippen LogP contribution in [0.1, 0.15) is 66.2 Å². The third kappa shape index (κ3) is 6.00. The van der Waals surface area contributed by atoms with Gasteiger partial charge in [0.1, 0.15) is 11.3 Å². The van der Waals surface area contributed by atoms with Gasteiger partial charge in [0.2, 0.25) is 0 Å². The van der Waals surface area contributed by atoms with Gasteiger partial charge in [-0.05, 0) is 73.2 Å². The Morgan fingerprint density at radius 3 is 2.38 bits per heavy atom. The second-order valence-corrected chi connectivity index (χ2v) is 10.6. The molecule has 6 heteroatoms. The summed E-state index contributed by atoms with van der Waals surface area (Å²) in [6, 6.07) is 24.3. The molecule has 4 aromatic rings. The van der Waals surface area contributed by atoms with Gasteiger partial charge in [0.05, 0.1) is 12.5 Å². The second-order valence-electron chi connectivity index (χ2n) is 10.6. The van der Waals surface area contributed by atoms with E-state index in [1.807, 2.05) is 18.2 Å². The number of nitrogens with one attached hydrogen (secondary N) is 1. The number of hydrogen-bond acceptors (Lipinski definition) is 4. The van der Waals surface area contributed by atoms with Crippen LogP contribution >= 0.6 is 0 Å². The van der Waals surface area contributed by atoms with Crippen molar-refractivity contribution in [3.63, 3.8) is 0 Å². The molecule has 1 aliphatic carbocycles. The Hall–Kier alpha value is -4.06. The first-order valence-corrected chi connectivity index (χ1v) is 13.8. The lowest BCUT2D eigenvalue weighted by Crippen LogP contribution is -2.29. The van der Waals surface area contributed by atoms with E-state index >= 15 is 0 Å². The number of hydrogen-bond donors (Lipinski definition) is 2. The highest BCUT2D eigenvalue weighted by Crippen LogP contribution is 2.41. The molecule has 0 radical (unpaired) electrons. The maximum atomic E-state index is 12.7. The fourth-order valence-corrected chi connectivity index (χ4v) is 5.69. The predicted molar refractivity (Wildman–Crippen MR) is 155 cm³/mol. The van der Waals surface area contributed by atoms with Crippen molar-refractivity contribution in [2.75, 3.05) is 18.9 Å². The molecule has 3 aromatic carbocycles. The van der Waals surface area contributed by atoms with Gasteiger partial charge in [-0.3, -0.25) is 9.59 Å². The van der Waals surface area contributed by atoms with Crippen LogP contribution in [0, 0.1) is 12.8 Å².